The molecule has 0 amide bonds. The molecule has 0 N–H and O–H groups in total. The van der Waals surface area contributed by atoms with Gasteiger partial charge in [-0.3, -0.25) is 4.79 Å². The molecule has 0 spiro atoms. The molecule has 124 valence electrons. The third kappa shape index (κ3) is 3.32. The number of rotatable bonds is 4. The second-order valence-corrected chi connectivity index (χ2v) is 5.86. The molecular weight excluding hydrogens is 307 g/mol. The molecule has 24 heavy (non-hydrogen) atoms. The van der Waals surface area contributed by atoms with Crippen molar-refractivity contribution < 1.29 is 18.7 Å². The summed E-state index contributed by atoms with van der Waals surface area (Å²) >= 11 is 0. The largest absolute Gasteiger partial charge is 0.497 e. The Bertz CT molecular complexity index is 778. The highest BCUT2D eigenvalue weighted by Gasteiger charge is 2.24. The van der Waals surface area contributed by atoms with Gasteiger partial charge in [-0.05, 0) is 59.9 Å². The Kier molecular flexibility index (Phi) is 4.65. The molecule has 0 radical (unpaired) electrons. The highest BCUT2D eigenvalue weighted by atomic mass is 19.1. The Balaban J connectivity index is 1.93. The maximum absolute atomic E-state index is 13.7. The second-order valence-electron chi connectivity index (χ2n) is 5.86. The summed E-state index contributed by atoms with van der Waals surface area (Å²) < 4.78 is 24.2. The average molecular weight is 326 g/mol. The molecule has 0 fully saturated rings. The van der Waals surface area contributed by atoms with E-state index >= 15 is 0 Å². The van der Waals surface area contributed by atoms with E-state index in [0.717, 1.165) is 16.9 Å². The minimum Gasteiger partial charge on any atom is -0.497 e. The van der Waals surface area contributed by atoms with E-state index in [4.69, 9.17) is 9.47 Å². The predicted molar refractivity (Wildman–Crippen MR) is 90.9 cm³/mol. The normalized spacial score (nSPS) is 17.4. The number of ketones is 1. The molecule has 4 heteroatoms. The topological polar surface area (TPSA) is 35.5 Å². The van der Waals surface area contributed by atoms with Crippen LogP contribution in [0.4, 0.5) is 4.39 Å². The van der Waals surface area contributed by atoms with E-state index in [1.807, 2.05) is 24.3 Å². The van der Waals surface area contributed by atoms with E-state index in [1.165, 1.54) is 12.1 Å². The minimum atomic E-state index is -0.342. The third-order valence-electron chi connectivity index (χ3n) is 4.34. The molecule has 0 saturated heterocycles. The van der Waals surface area contributed by atoms with E-state index in [-0.39, 0.29) is 17.5 Å². The van der Waals surface area contributed by atoms with Crippen LogP contribution in [0.2, 0.25) is 0 Å². The van der Waals surface area contributed by atoms with Crippen molar-refractivity contribution in [2.24, 2.45) is 0 Å². The summed E-state index contributed by atoms with van der Waals surface area (Å²) in [4.78, 5) is 12.2. The maximum Gasteiger partial charge on any atom is 0.156 e. The van der Waals surface area contributed by atoms with E-state index in [9.17, 15) is 9.18 Å². The number of benzene rings is 2. The molecule has 2 aromatic carbocycles. The molecule has 0 heterocycles. The molecule has 2 aromatic rings. The van der Waals surface area contributed by atoms with Gasteiger partial charge in [0, 0.05) is 12.0 Å². The van der Waals surface area contributed by atoms with Crippen molar-refractivity contribution in [3.63, 3.8) is 0 Å². The van der Waals surface area contributed by atoms with E-state index in [1.54, 1.807) is 26.4 Å². The Morgan fingerprint density at radius 1 is 1.00 bits per heavy atom. The molecular formula is C20H19FO3. The summed E-state index contributed by atoms with van der Waals surface area (Å²) in [6, 6.07) is 12.1. The van der Waals surface area contributed by atoms with Gasteiger partial charge in [-0.15, -0.1) is 0 Å². The van der Waals surface area contributed by atoms with Gasteiger partial charge in [0.1, 0.15) is 17.3 Å². The van der Waals surface area contributed by atoms with Gasteiger partial charge in [0.15, 0.2) is 5.78 Å². The summed E-state index contributed by atoms with van der Waals surface area (Å²) in [5, 5.41) is 0. The number of methoxy groups -OCH3 is 2. The smallest absolute Gasteiger partial charge is 0.156 e. The molecule has 1 aliphatic carbocycles. The Hall–Kier alpha value is -2.62. The zero-order valence-corrected chi connectivity index (χ0v) is 13.7. The van der Waals surface area contributed by atoms with E-state index in [0.29, 0.717) is 24.2 Å². The van der Waals surface area contributed by atoms with Crippen molar-refractivity contribution in [2.75, 3.05) is 14.2 Å². The van der Waals surface area contributed by atoms with Gasteiger partial charge in [-0.2, -0.15) is 0 Å². The SMILES string of the molecule is COc1ccc([C@H]2CC(=O)C=C(c3cc(F)ccc3OC)C2)cc1. The first-order valence-corrected chi connectivity index (χ1v) is 7.82. The lowest BCUT2D eigenvalue weighted by Crippen LogP contribution is -2.13. The van der Waals surface area contributed by atoms with Crippen LogP contribution in [-0.2, 0) is 4.79 Å². The van der Waals surface area contributed by atoms with Crippen LogP contribution in [0.15, 0.2) is 48.5 Å². The van der Waals surface area contributed by atoms with Gasteiger partial charge in [-0.25, -0.2) is 4.39 Å². The molecule has 0 saturated carbocycles. The summed E-state index contributed by atoms with van der Waals surface area (Å²) in [6.07, 6.45) is 2.72. The minimum absolute atomic E-state index is 0.0448. The first-order chi connectivity index (χ1) is 11.6. The third-order valence-corrected chi connectivity index (χ3v) is 4.34. The number of carbonyl (C=O) groups excluding carboxylic acids is 1. The Morgan fingerprint density at radius 2 is 1.75 bits per heavy atom. The fourth-order valence-electron chi connectivity index (χ4n) is 3.12. The predicted octanol–water partition coefficient (Wildman–Crippen LogP) is 4.37. The first kappa shape index (κ1) is 16.2. The number of hydrogen-bond donors (Lipinski definition) is 0. The fourth-order valence-corrected chi connectivity index (χ4v) is 3.12. The van der Waals surface area contributed by atoms with Crippen molar-refractivity contribution in [1.82, 2.24) is 0 Å². The van der Waals surface area contributed by atoms with Gasteiger partial charge in [-0.1, -0.05) is 12.1 Å². The van der Waals surface area contributed by atoms with Gasteiger partial charge < -0.3 is 9.47 Å². The molecule has 1 atom stereocenters. The van der Waals surface area contributed by atoms with Crippen molar-refractivity contribution in [2.45, 2.75) is 18.8 Å². The van der Waals surface area contributed by atoms with Crippen molar-refractivity contribution in [3.8, 4) is 11.5 Å². The fraction of sp³-hybridized carbons (Fsp3) is 0.250. The van der Waals surface area contributed by atoms with Crippen LogP contribution in [0.5, 0.6) is 11.5 Å². The van der Waals surface area contributed by atoms with Crippen LogP contribution in [0.3, 0.4) is 0 Å². The monoisotopic (exact) mass is 326 g/mol. The first-order valence-electron chi connectivity index (χ1n) is 7.82. The van der Waals surface area contributed by atoms with Crippen LogP contribution in [-0.4, -0.2) is 20.0 Å². The maximum atomic E-state index is 13.7. The average Bonchev–Trinajstić information content (AvgIpc) is 2.61. The van der Waals surface area contributed by atoms with Crippen molar-refractivity contribution >= 4 is 11.4 Å². The summed E-state index contributed by atoms with van der Waals surface area (Å²) in [5.74, 6) is 1.12. The molecule has 3 rings (SSSR count). The lowest BCUT2D eigenvalue weighted by Gasteiger charge is -2.24. The summed E-state index contributed by atoms with van der Waals surface area (Å²) in [7, 11) is 3.17. The number of carbonyl (C=O) groups is 1. The van der Waals surface area contributed by atoms with Gasteiger partial charge in [0.05, 0.1) is 14.2 Å². The lowest BCUT2D eigenvalue weighted by molar-refractivity contribution is -0.115. The molecule has 0 bridgehead atoms. The zero-order chi connectivity index (χ0) is 17.1. The van der Waals surface area contributed by atoms with Gasteiger partial charge in [0.2, 0.25) is 0 Å². The standard InChI is InChI=1S/C20H19FO3/c1-23-18-6-3-13(4-7-18)14-9-15(11-17(22)10-14)19-12-16(21)5-8-20(19)24-2/h3-8,11-12,14H,9-10H2,1-2H3/t14-/m1/s1. The van der Waals surface area contributed by atoms with Crippen LogP contribution < -0.4 is 9.47 Å². The number of allylic oxidation sites excluding steroid dienone is 2. The van der Waals surface area contributed by atoms with E-state index in [2.05, 4.69) is 0 Å². The number of ether oxygens (including phenoxy) is 2. The Labute approximate surface area is 140 Å². The Morgan fingerprint density at radius 3 is 2.42 bits per heavy atom. The number of halogens is 1. The van der Waals surface area contributed by atoms with Crippen LogP contribution in [0.1, 0.15) is 29.9 Å². The van der Waals surface area contributed by atoms with Gasteiger partial charge >= 0.3 is 0 Å². The molecule has 0 aromatic heterocycles. The van der Waals surface area contributed by atoms with Crippen LogP contribution >= 0.6 is 0 Å². The summed E-state index contributed by atoms with van der Waals surface area (Å²) in [6.45, 7) is 0. The number of hydrogen-bond acceptors (Lipinski definition) is 3. The lowest BCUT2D eigenvalue weighted by atomic mass is 9.81. The van der Waals surface area contributed by atoms with Gasteiger partial charge in [0.25, 0.3) is 0 Å². The van der Waals surface area contributed by atoms with Crippen molar-refractivity contribution in [1.29, 1.82) is 0 Å². The molecule has 3 nitrogen and oxygen atoms in total. The zero-order valence-electron chi connectivity index (χ0n) is 13.7. The molecule has 0 unspecified atom stereocenters. The quantitative estimate of drug-likeness (QED) is 0.837. The van der Waals surface area contributed by atoms with Crippen LogP contribution in [0, 0.1) is 5.82 Å². The second kappa shape index (κ2) is 6.87. The van der Waals surface area contributed by atoms with Crippen molar-refractivity contribution in [3.05, 3.63) is 65.5 Å². The highest BCUT2D eigenvalue weighted by molar-refractivity contribution is 5.99. The molecule has 0 aliphatic heterocycles. The van der Waals surface area contributed by atoms with Crippen LogP contribution in [0.25, 0.3) is 5.57 Å². The molecule has 1 aliphatic rings. The summed E-state index contributed by atoms with van der Waals surface area (Å²) in [5.41, 5.74) is 2.53. The highest BCUT2D eigenvalue weighted by Crippen LogP contribution is 2.39. The van der Waals surface area contributed by atoms with E-state index < -0.39 is 0 Å².